The molecule has 0 bridgehead atoms. The minimum absolute atomic E-state index is 0.0460. The van der Waals surface area contributed by atoms with Crippen LogP contribution in [0.25, 0.3) is 0 Å². The molecule has 0 aliphatic carbocycles. The summed E-state index contributed by atoms with van der Waals surface area (Å²) < 4.78 is 0. The molecular weight excluding hydrogens is 232 g/mol. The Bertz CT molecular complexity index is 257. The van der Waals surface area contributed by atoms with Gasteiger partial charge in [-0.25, -0.2) is 0 Å². The molecule has 0 saturated carbocycles. The molecule has 0 fully saturated rings. The zero-order chi connectivity index (χ0) is 14.0. The molecule has 0 radical (unpaired) electrons. The van der Waals surface area contributed by atoms with Gasteiger partial charge in [-0.15, -0.1) is 0 Å². The van der Waals surface area contributed by atoms with E-state index in [1.54, 1.807) is 6.92 Å². The molecule has 0 spiro atoms. The number of carbonyl (C=O) groups excluding carboxylic acids is 1. The lowest BCUT2D eigenvalue weighted by atomic mass is 10.0. The summed E-state index contributed by atoms with van der Waals surface area (Å²) in [7, 11) is 0. The predicted molar refractivity (Wildman–Crippen MR) is 71.4 cm³/mol. The molecular formula is C13H26N2O3. The van der Waals surface area contributed by atoms with Gasteiger partial charge in [0.1, 0.15) is 0 Å². The summed E-state index contributed by atoms with van der Waals surface area (Å²) >= 11 is 0. The van der Waals surface area contributed by atoms with Crippen molar-refractivity contribution in [3.8, 4) is 0 Å². The number of aliphatic carboxylic acids is 1. The monoisotopic (exact) mass is 258 g/mol. The van der Waals surface area contributed by atoms with Gasteiger partial charge in [-0.05, 0) is 25.4 Å². The number of carboxylic acids is 1. The van der Waals surface area contributed by atoms with E-state index in [1.165, 1.54) is 0 Å². The van der Waals surface area contributed by atoms with Gasteiger partial charge in [0.2, 0.25) is 5.91 Å². The molecule has 5 heteroatoms. The predicted octanol–water partition coefficient (Wildman–Crippen LogP) is 1.34. The fourth-order valence-electron chi connectivity index (χ4n) is 1.86. The maximum absolute atomic E-state index is 11.5. The molecule has 0 rings (SSSR count). The van der Waals surface area contributed by atoms with E-state index in [9.17, 15) is 9.59 Å². The Kier molecular flexibility index (Phi) is 9.28. The second-order valence-corrected chi connectivity index (χ2v) is 4.69. The van der Waals surface area contributed by atoms with Crippen molar-refractivity contribution in [2.45, 2.75) is 40.0 Å². The normalized spacial score (nSPS) is 12.4. The number of carbonyl (C=O) groups is 2. The first-order valence-corrected chi connectivity index (χ1v) is 6.70. The molecule has 5 nitrogen and oxygen atoms in total. The lowest BCUT2D eigenvalue weighted by Crippen LogP contribution is -2.35. The number of nitrogens with zero attached hydrogens (tertiary/aromatic N) is 1. The molecule has 0 aliphatic heterocycles. The molecule has 0 heterocycles. The summed E-state index contributed by atoms with van der Waals surface area (Å²) in [5, 5.41) is 11.4. The zero-order valence-corrected chi connectivity index (χ0v) is 11.7. The van der Waals surface area contributed by atoms with Crippen LogP contribution in [0.2, 0.25) is 0 Å². The Morgan fingerprint density at radius 1 is 1.22 bits per heavy atom. The van der Waals surface area contributed by atoms with E-state index < -0.39 is 5.97 Å². The number of hydrogen-bond donors (Lipinski definition) is 2. The molecule has 0 saturated heterocycles. The average molecular weight is 258 g/mol. The third-order valence-corrected chi connectivity index (χ3v) is 2.79. The van der Waals surface area contributed by atoms with Crippen LogP contribution in [0.4, 0.5) is 0 Å². The minimum atomic E-state index is -0.851. The van der Waals surface area contributed by atoms with E-state index in [0.29, 0.717) is 6.54 Å². The van der Waals surface area contributed by atoms with E-state index in [4.69, 9.17) is 5.11 Å². The van der Waals surface area contributed by atoms with E-state index in [-0.39, 0.29) is 24.7 Å². The number of rotatable bonds is 10. The SMILES string of the molecule is CCCN(CC)CCNC(=O)CC(C)CC(=O)O. The molecule has 1 amide bonds. The summed E-state index contributed by atoms with van der Waals surface area (Å²) in [6, 6.07) is 0. The van der Waals surface area contributed by atoms with Crippen molar-refractivity contribution >= 4 is 11.9 Å². The molecule has 0 aliphatic rings. The summed E-state index contributed by atoms with van der Waals surface area (Å²) in [4.78, 5) is 24.3. The highest BCUT2D eigenvalue weighted by atomic mass is 16.4. The van der Waals surface area contributed by atoms with Crippen LogP contribution in [0.1, 0.15) is 40.0 Å². The molecule has 106 valence electrons. The van der Waals surface area contributed by atoms with E-state index >= 15 is 0 Å². The Morgan fingerprint density at radius 2 is 1.89 bits per heavy atom. The van der Waals surface area contributed by atoms with Crippen molar-refractivity contribution in [3.63, 3.8) is 0 Å². The van der Waals surface area contributed by atoms with E-state index in [2.05, 4.69) is 24.1 Å². The van der Waals surface area contributed by atoms with Crippen LogP contribution in [0.5, 0.6) is 0 Å². The highest BCUT2D eigenvalue weighted by Crippen LogP contribution is 2.06. The fraction of sp³-hybridized carbons (Fsp3) is 0.846. The lowest BCUT2D eigenvalue weighted by molar-refractivity contribution is -0.138. The number of likely N-dealkylation sites (N-methyl/N-ethyl adjacent to an activating group) is 1. The first-order valence-electron chi connectivity index (χ1n) is 6.70. The second kappa shape index (κ2) is 9.88. The standard InChI is InChI=1S/C13H26N2O3/c1-4-7-15(5-2)8-6-14-12(16)9-11(3)10-13(17)18/h11H,4-10H2,1-3H3,(H,14,16)(H,17,18). The Morgan fingerprint density at radius 3 is 2.39 bits per heavy atom. The van der Waals surface area contributed by atoms with Crippen molar-refractivity contribution in [2.24, 2.45) is 5.92 Å². The highest BCUT2D eigenvalue weighted by molar-refractivity contribution is 5.77. The van der Waals surface area contributed by atoms with Gasteiger partial charge in [0.05, 0.1) is 0 Å². The number of hydrogen-bond acceptors (Lipinski definition) is 3. The van der Waals surface area contributed by atoms with Gasteiger partial charge in [0.25, 0.3) is 0 Å². The van der Waals surface area contributed by atoms with Gasteiger partial charge in [-0.1, -0.05) is 20.8 Å². The summed E-state index contributed by atoms with van der Waals surface area (Å²) in [6.45, 7) is 9.53. The fourth-order valence-corrected chi connectivity index (χ4v) is 1.86. The van der Waals surface area contributed by atoms with Crippen molar-refractivity contribution in [1.29, 1.82) is 0 Å². The van der Waals surface area contributed by atoms with Gasteiger partial charge in [0, 0.05) is 25.9 Å². The van der Waals surface area contributed by atoms with Crippen LogP contribution >= 0.6 is 0 Å². The maximum atomic E-state index is 11.5. The van der Waals surface area contributed by atoms with Gasteiger partial charge in [-0.3, -0.25) is 9.59 Å². The first kappa shape index (κ1) is 16.9. The maximum Gasteiger partial charge on any atom is 0.303 e. The lowest BCUT2D eigenvalue weighted by Gasteiger charge is -2.19. The number of nitrogens with one attached hydrogen (secondary N) is 1. The van der Waals surface area contributed by atoms with Gasteiger partial charge >= 0.3 is 5.97 Å². The molecule has 2 N–H and O–H groups in total. The first-order chi connectivity index (χ1) is 8.49. The quantitative estimate of drug-likeness (QED) is 0.620. The zero-order valence-electron chi connectivity index (χ0n) is 11.7. The third-order valence-electron chi connectivity index (χ3n) is 2.79. The molecule has 0 aromatic rings. The number of carboxylic acid groups (broad SMARTS) is 1. The van der Waals surface area contributed by atoms with Crippen LogP contribution < -0.4 is 5.32 Å². The number of amides is 1. The Labute approximate surface area is 110 Å². The summed E-state index contributed by atoms with van der Waals surface area (Å²) in [5.41, 5.74) is 0. The topological polar surface area (TPSA) is 69.6 Å². The Balaban J connectivity index is 3.72. The minimum Gasteiger partial charge on any atom is -0.481 e. The van der Waals surface area contributed by atoms with Crippen LogP contribution in [-0.2, 0) is 9.59 Å². The smallest absolute Gasteiger partial charge is 0.303 e. The van der Waals surface area contributed by atoms with Gasteiger partial charge in [0.15, 0.2) is 0 Å². The molecule has 0 aromatic heterocycles. The van der Waals surface area contributed by atoms with E-state index in [0.717, 1.165) is 26.1 Å². The second-order valence-electron chi connectivity index (χ2n) is 4.69. The van der Waals surface area contributed by atoms with Crippen molar-refractivity contribution < 1.29 is 14.7 Å². The van der Waals surface area contributed by atoms with Crippen molar-refractivity contribution in [2.75, 3.05) is 26.2 Å². The van der Waals surface area contributed by atoms with Crippen LogP contribution in [0.3, 0.4) is 0 Å². The molecule has 1 unspecified atom stereocenters. The molecule has 0 aromatic carbocycles. The highest BCUT2D eigenvalue weighted by Gasteiger charge is 2.12. The summed E-state index contributed by atoms with van der Waals surface area (Å²) in [6.07, 6.45) is 1.44. The van der Waals surface area contributed by atoms with Gasteiger partial charge < -0.3 is 15.3 Å². The van der Waals surface area contributed by atoms with Gasteiger partial charge in [-0.2, -0.15) is 0 Å². The average Bonchev–Trinajstić information content (AvgIpc) is 2.26. The van der Waals surface area contributed by atoms with Crippen LogP contribution in [0.15, 0.2) is 0 Å². The van der Waals surface area contributed by atoms with Crippen LogP contribution in [0, 0.1) is 5.92 Å². The van der Waals surface area contributed by atoms with E-state index in [1.807, 2.05) is 0 Å². The van der Waals surface area contributed by atoms with Crippen molar-refractivity contribution in [1.82, 2.24) is 10.2 Å². The molecule has 1 atom stereocenters. The summed E-state index contributed by atoms with van der Waals surface area (Å²) in [5.74, 6) is -1.02. The largest absolute Gasteiger partial charge is 0.481 e. The van der Waals surface area contributed by atoms with Crippen molar-refractivity contribution in [3.05, 3.63) is 0 Å². The third kappa shape index (κ3) is 8.98. The Hall–Kier alpha value is -1.10. The molecule has 18 heavy (non-hydrogen) atoms. The van der Waals surface area contributed by atoms with Crippen LogP contribution in [-0.4, -0.2) is 48.1 Å².